The predicted octanol–water partition coefficient (Wildman–Crippen LogP) is 3.66. The van der Waals surface area contributed by atoms with Crippen LogP contribution in [0.5, 0.6) is 0 Å². The molecule has 2 heterocycles. The van der Waals surface area contributed by atoms with Crippen LogP contribution in [0.3, 0.4) is 0 Å². The molecule has 1 aliphatic heterocycles. The number of aryl methyl sites for hydroxylation is 1. The van der Waals surface area contributed by atoms with E-state index in [-0.39, 0.29) is 28.2 Å². The van der Waals surface area contributed by atoms with Crippen LogP contribution in [-0.2, 0) is 9.59 Å². The Morgan fingerprint density at radius 2 is 1.90 bits per heavy atom. The van der Waals surface area contributed by atoms with Gasteiger partial charge in [-0.05, 0) is 36.8 Å². The lowest BCUT2D eigenvalue weighted by Crippen LogP contribution is -2.29. The number of nitrogens with zero attached hydrogens (tertiary/aromatic N) is 3. The number of aliphatic hydroxyl groups is 1. The minimum atomic E-state index is -1.21. The van der Waals surface area contributed by atoms with Gasteiger partial charge in [-0.2, -0.15) is 0 Å². The second-order valence-electron chi connectivity index (χ2n) is 6.82. The Labute approximate surface area is 174 Å². The van der Waals surface area contributed by atoms with Crippen molar-refractivity contribution >= 4 is 29.0 Å². The van der Waals surface area contributed by atoms with Crippen molar-refractivity contribution in [3.63, 3.8) is 0 Å². The van der Waals surface area contributed by atoms with Gasteiger partial charge in [0.05, 0.1) is 16.5 Å². The fourth-order valence-electron chi connectivity index (χ4n) is 3.42. The molecule has 0 saturated carbocycles. The quantitative estimate of drug-likeness (QED) is 0.223. The highest BCUT2D eigenvalue weighted by Gasteiger charge is 2.48. The number of halogens is 1. The number of benzene rings is 2. The van der Waals surface area contributed by atoms with Crippen molar-refractivity contribution in [1.29, 1.82) is 0 Å². The first-order valence-electron chi connectivity index (χ1n) is 9.02. The maximum absolute atomic E-state index is 13.3. The number of amides is 1. The number of aromatic nitrogens is 1. The van der Waals surface area contributed by atoms with Gasteiger partial charge in [0.15, 0.2) is 5.82 Å². The molecule has 1 aliphatic rings. The normalized spacial score (nSPS) is 17.9. The zero-order valence-electron chi connectivity index (χ0n) is 16.0. The highest BCUT2D eigenvalue weighted by atomic mass is 19.1. The Morgan fingerprint density at radius 3 is 2.52 bits per heavy atom. The van der Waals surface area contributed by atoms with Crippen LogP contribution < -0.4 is 4.90 Å². The lowest BCUT2D eigenvalue weighted by molar-refractivity contribution is -0.384. The third-order valence-corrected chi connectivity index (χ3v) is 4.82. The zero-order valence-corrected chi connectivity index (χ0v) is 16.0. The summed E-state index contributed by atoms with van der Waals surface area (Å²) >= 11 is 0. The number of Topliss-reactive ketones (excluding diaryl/α,β-unsaturated/α-hetero) is 1. The molecule has 1 unspecified atom stereocenters. The summed E-state index contributed by atoms with van der Waals surface area (Å²) < 4.78 is 18.3. The molecule has 10 heteroatoms. The van der Waals surface area contributed by atoms with Crippen LogP contribution in [-0.4, -0.2) is 26.9 Å². The van der Waals surface area contributed by atoms with Gasteiger partial charge in [0.25, 0.3) is 11.5 Å². The van der Waals surface area contributed by atoms with Crippen molar-refractivity contribution in [2.75, 3.05) is 4.90 Å². The Morgan fingerprint density at radius 1 is 1.19 bits per heavy atom. The first-order valence-corrected chi connectivity index (χ1v) is 9.02. The number of rotatable bonds is 4. The van der Waals surface area contributed by atoms with Gasteiger partial charge >= 0.3 is 5.91 Å². The van der Waals surface area contributed by atoms with Gasteiger partial charge in [-0.15, -0.1) is 0 Å². The minimum absolute atomic E-state index is 0.00858. The van der Waals surface area contributed by atoms with Crippen LogP contribution >= 0.6 is 0 Å². The monoisotopic (exact) mass is 423 g/mol. The molecule has 1 atom stereocenters. The van der Waals surface area contributed by atoms with Crippen LogP contribution in [0, 0.1) is 22.9 Å². The van der Waals surface area contributed by atoms with Crippen molar-refractivity contribution in [3.8, 4) is 0 Å². The Kier molecular flexibility index (Phi) is 4.82. The van der Waals surface area contributed by atoms with Crippen molar-refractivity contribution in [1.82, 2.24) is 5.16 Å². The summed E-state index contributed by atoms with van der Waals surface area (Å²) in [6.45, 7) is 1.59. The van der Waals surface area contributed by atoms with Crippen molar-refractivity contribution in [2.45, 2.75) is 13.0 Å². The molecule has 4 rings (SSSR count). The molecule has 1 fully saturated rings. The van der Waals surface area contributed by atoms with Gasteiger partial charge in [-0.1, -0.05) is 17.3 Å². The van der Waals surface area contributed by atoms with E-state index in [4.69, 9.17) is 4.52 Å². The number of nitro groups is 1. The van der Waals surface area contributed by atoms with E-state index in [0.29, 0.717) is 5.76 Å². The summed E-state index contributed by atoms with van der Waals surface area (Å²) in [6.07, 6.45) is 0. The lowest BCUT2D eigenvalue weighted by atomic mass is 9.95. The van der Waals surface area contributed by atoms with Crippen LogP contribution in [0.2, 0.25) is 0 Å². The first-order chi connectivity index (χ1) is 14.8. The highest BCUT2D eigenvalue weighted by Crippen LogP contribution is 2.42. The van der Waals surface area contributed by atoms with Crippen LogP contribution in [0.15, 0.2) is 64.7 Å². The fraction of sp³-hybridized carbons (Fsp3) is 0.0952. The van der Waals surface area contributed by atoms with Crippen LogP contribution in [0.1, 0.15) is 22.9 Å². The van der Waals surface area contributed by atoms with Crippen molar-refractivity contribution in [2.24, 2.45) is 0 Å². The summed E-state index contributed by atoms with van der Waals surface area (Å²) in [6, 6.07) is 10.3. The highest BCUT2D eigenvalue weighted by molar-refractivity contribution is 6.51. The molecule has 0 radical (unpaired) electrons. The maximum Gasteiger partial charge on any atom is 0.301 e. The Hall–Kier alpha value is -4.34. The molecule has 31 heavy (non-hydrogen) atoms. The average Bonchev–Trinajstić information content (AvgIpc) is 3.29. The van der Waals surface area contributed by atoms with Gasteiger partial charge in [0.1, 0.15) is 17.3 Å². The molecule has 0 spiro atoms. The molecule has 0 bridgehead atoms. The molecule has 1 saturated heterocycles. The third kappa shape index (κ3) is 3.44. The maximum atomic E-state index is 13.3. The molecular formula is C21H14FN3O6. The summed E-state index contributed by atoms with van der Waals surface area (Å²) in [7, 11) is 0. The Balaban J connectivity index is 1.96. The van der Waals surface area contributed by atoms with Gasteiger partial charge < -0.3 is 9.63 Å². The number of hydrogen-bond donors (Lipinski definition) is 1. The summed E-state index contributed by atoms with van der Waals surface area (Å²) in [4.78, 5) is 37.4. The molecular weight excluding hydrogens is 409 g/mol. The lowest BCUT2D eigenvalue weighted by Gasteiger charge is -2.22. The number of non-ortho nitro benzene ring substituents is 1. The van der Waals surface area contributed by atoms with Crippen molar-refractivity contribution < 1.29 is 28.5 Å². The van der Waals surface area contributed by atoms with E-state index in [1.54, 1.807) is 6.92 Å². The van der Waals surface area contributed by atoms with E-state index in [1.165, 1.54) is 42.5 Å². The number of aliphatic hydroxyl groups excluding tert-OH is 1. The van der Waals surface area contributed by atoms with E-state index >= 15 is 0 Å². The summed E-state index contributed by atoms with van der Waals surface area (Å²) in [5.74, 6) is -2.72. The zero-order chi connectivity index (χ0) is 22.3. The Bertz CT molecular complexity index is 1250. The number of ketones is 1. The van der Waals surface area contributed by atoms with Gasteiger partial charge in [-0.3, -0.25) is 24.6 Å². The van der Waals surface area contributed by atoms with Crippen LogP contribution in [0.25, 0.3) is 5.76 Å². The first kappa shape index (κ1) is 20.0. The molecule has 9 nitrogen and oxygen atoms in total. The smallest absolute Gasteiger partial charge is 0.301 e. The van der Waals surface area contributed by atoms with E-state index < -0.39 is 34.2 Å². The molecule has 0 aliphatic carbocycles. The van der Waals surface area contributed by atoms with Gasteiger partial charge in [0.2, 0.25) is 0 Å². The van der Waals surface area contributed by atoms with E-state index in [1.807, 2.05) is 0 Å². The number of anilines is 1. The molecule has 156 valence electrons. The molecule has 1 aromatic heterocycles. The molecule has 3 aromatic rings. The second kappa shape index (κ2) is 7.48. The van der Waals surface area contributed by atoms with E-state index in [0.717, 1.165) is 17.0 Å². The van der Waals surface area contributed by atoms with E-state index in [2.05, 4.69) is 5.16 Å². The number of carbonyl (C=O) groups excluding carboxylic acids is 2. The van der Waals surface area contributed by atoms with Gasteiger partial charge in [-0.25, -0.2) is 4.39 Å². The van der Waals surface area contributed by atoms with Crippen molar-refractivity contribution in [3.05, 3.63) is 93.0 Å². The average molecular weight is 423 g/mol. The standard InChI is InChI=1S/C21H14FN3O6/c1-11-9-16(23-31-11)24-18(13-3-2-4-15(10-13)25(29)30)17(20(27)21(24)28)19(26)12-5-7-14(22)8-6-12/h2-10,18,26H,1H3/b19-17+. The topological polar surface area (TPSA) is 127 Å². The fourth-order valence-corrected chi connectivity index (χ4v) is 3.42. The molecule has 1 N–H and O–H groups in total. The minimum Gasteiger partial charge on any atom is -0.507 e. The largest absolute Gasteiger partial charge is 0.507 e. The summed E-state index contributed by atoms with van der Waals surface area (Å²) in [5, 5.41) is 25.9. The second-order valence-corrected chi connectivity index (χ2v) is 6.82. The third-order valence-electron chi connectivity index (χ3n) is 4.82. The number of carbonyl (C=O) groups is 2. The van der Waals surface area contributed by atoms with Gasteiger partial charge in [0, 0.05) is 23.8 Å². The van der Waals surface area contributed by atoms with E-state index in [9.17, 15) is 29.2 Å². The van der Waals surface area contributed by atoms with Crippen LogP contribution in [0.4, 0.5) is 15.9 Å². The SMILES string of the molecule is Cc1cc(N2C(=O)C(=O)/C(=C(/O)c3ccc(F)cc3)C2c2cccc([N+](=O)[O-])c2)no1. The number of nitro benzene ring substituents is 1. The molecule has 2 aromatic carbocycles. The molecule has 1 amide bonds. The summed E-state index contributed by atoms with van der Waals surface area (Å²) in [5.41, 5.74) is -0.261. The number of hydrogen-bond acceptors (Lipinski definition) is 7. The predicted molar refractivity (Wildman–Crippen MR) is 106 cm³/mol.